The molecule has 1 aliphatic carbocycles. The van der Waals surface area contributed by atoms with Gasteiger partial charge in [-0.05, 0) is 43.7 Å². The molecule has 1 atom stereocenters. The number of allylic oxidation sites excluding steroid dienone is 3. The summed E-state index contributed by atoms with van der Waals surface area (Å²) in [6.45, 7) is 1.88. The van der Waals surface area contributed by atoms with Crippen LogP contribution in [-0.4, -0.2) is 11.7 Å². The zero-order valence-electron chi connectivity index (χ0n) is 14.0. The molecular weight excluding hydrogens is 345 g/mol. The van der Waals surface area contributed by atoms with E-state index in [0.29, 0.717) is 12.1 Å². The Morgan fingerprint density at radius 3 is 2.77 bits per heavy atom. The first-order chi connectivity index (χ1) is 12.2. The summed E-state index contributed by atoms with van der Waals surface area (Å²) in [5.41, 5.74) is 6.68. The number of hydrogen-bond donors (Lipinski definition) is 4. The Labute approximate surface area is 149 Å². The summed E-state index contributed by atoms with van der Waals surface area (Å²) in [5.74, 6) is -1.14. The predicted molar refractivity (Wildman–Crippen MR) is 94.2 cm³/mol. The van der Waals surface area contributed by atoms with Gasteiger partial charge in [0.25, 0.3) is 0 Å². The van der Waals surface area contributed by atoms with Crippen LogP contribution in [0.1, 0.15) is 18.9 Å². The Hall–Kier alpha value is -3.03. The second kappa shape index (κ2) is 7.90. The van der Waals surface area contributed by atoms with Crippen molar-refractivity contribution < 1.29 is 18.0 Å². The quantitative estimate of drug-likeness (QED) is 0.487. The number of alkyl halides is 3. The lowest BCUT2D eigenvalue weighted by Gasteiger charge is -2.20. The molecule has 26 heavy (non-hydrogen) atoms. The molecule has 0 heterocycles. The van der Waals surface area contributed by atoms with E-state index < -0.39 is 23.6 Å². The van der Waals surface area contributed by atoms with E-state index in [4.69, 9.17) is 11.1 Å². The van der Waals surface area contributed by atoms with Gasteiger partial charge in [0.05, 0.1) is 11.5 Å². The van der Waals surface area contributed by atoms with Crippen LogP contribution in [0.5, 0.6) is 0 Å². The molecule has 1 aromatic rings. The maximum atomic E-state index is 12.7. The van der Waals surface area contributed by atoms with E-state index in [1.165, 1.54) is 24.4 Å². The molecule has 0 aliphatic heterocycles. The molecule has 2 rings (SSSR count). The Morgan fingerprint density at radius 1 is 1.35 bits per heavy atom. The minimum Gasteiger partial charge on any atom is -0.401 e. The fourth-order valence-electron chi connectivity index (χ4n) is 2.37. The minimum atomic E-state index is -4.43. The van der Waals surface area contributed by atoms with Gasteiger partial charge in [0, 0.05) is 17.6 Å². The first-order valence-electron chi connectivity index (χ1n) is 7.79. The van der Waals surface area contributed by atoms with Crippen molar-refractivity contribution in [3.63, 3.8) is 0 Å². The van der Waals surface area contributed by atoms with Crippen molar-refractivity contribution in [1.29, 1.82) is 5.41 Å². The van der Waals surface area contributed by atoms with Gasteiger partial charge < -0.3 is 16.4 Å². The lowest BCUT2D eigenvalue weighted by atomic mass is 9.91. The van der Waals surface area contributed by atoms with E-state index in [1.54, 1.807) is 6.08 Å². The van der Waals surface area contributed by atoms with E-state index in [2.05, 4.69) is 10.6 Å². The Balaban J connectivity index is 1.91. The summed E-state index contributed by atoms with van der Waals surface area (Å²) in [6.07, 6.45) is 2.07. The summed E-state index contributed by atoms with van der Waals surface area (Å²) in [5, 5.41) is 12.8. The number of benzene rings is 1. The summed E-state index contributed by atoms with van der Waals surface area (Å²) < 4.78 is 38.0. The number of anilines is 1. The van der Waals surface area contributed by atoms with Gasteiger partial charge in [-0.15, -0.1) is 0 Å². The number of carbonyl (C=O) groups is 1. The third-order valence-corrected chi connectivity index (χ3v) is 3.75. The van der Waals surface area contributed by atoms with Crippen molar-refractivity contribution in [3.8, 4) is 0 Å². The molecule has 1 unspecified atom stereocenters. The number of hydrogen-bond acceptors (Lipinski definition) is 4. The lowest BCUT2D eigenvalue weighted by molar-refractivity contribution is -0.137. The molecular formula is C18H19F3N4O. The van der Waals surface area contributed by atoms with E-state index in [9.17, 15) is 18.0 Å². The van der Waals surface area contributed by atoms with Crippen molar-refractivity contribution in [1.82, 2.24) is 5.32 Å². The van der Waals surface area contributed by atoms with Gasteiger partial charge in [0.2, 0.25) is 5.91 Å². The van der Waals surface area contributed by atoms with Crippen molar-refractivity contribution in [2.45, 2.75) is 19.5 Å². The zero-order chi connectivity index (χ0) is 19.3. The first kappa shape index (κ1) is 19.3. The molecule has 0 saturated heterocycles. The van der Waals surface area contributed by atoms with Crippen LogP contribution in [-0.2, 0) is 11.0 Å². The summed E-state index contributed by atoms with van der Waals surface area (Å²) in [7, 11) is 0. The Morgan fingerprint density at radius 2 is 2.08 bits per heavy atom. The third-order valence-electron chi connectivity index (χ3n) is 3.75. The first-order valence-corrected chi connectivity index (χ1v) is 7.79. The summed E-state index contributed by atoms with van der Waals surface area (Å²) >= 11 is 0. The smallest absolute Gasteiger partial charge is 0.401 e. The Kier molecular flexibility index (Phi) is 5.86. The molecule has 1 aliphatic rings. The second-order valence-corrected chi connectivity index (χ2v) is 5.90. The number of nitrogens with two attached hydrogens (primary N) is 1. The predicted octanol–water partition coefficient (Wildman–Crippen LogP) is 3.53. The number of rotatable bonds is 4. The highest BCUT2D eigenvalue weighted by molar-refractivity contribution is 6.04. The standard InChI is InChI=1S/C18H19F3N4O/c1-11-5-6-15(22)14(9-11)17(26)25-16(23)7-8-24-13-4-2-3-12(10-13)18(19,20)21/h2-8,10,14,24H,9,22H2,1H3,(H2,23,25,26)/b8-7-. The van der Waals surface area contributed by atoms with Gasteiger partial charge >= 0.3 is 6.18 Å². The van der Waals surface area contributed by atoms with Gasteiger partial charge in [0.15, 0.2) is 0 Å². The van der Waals surface area contributed by atoms with E-state index in [0.717, 1.165) is 17.7 Å². The van der Waals surface area contributed by atoms with Crippen LogP contribution in [0.15, 0.2) is 60.0 Å². The van der Waals surface area contributed by atoms with Crippen molar-refractivity contribution in [3.05, 3.63) is 65.5 Å². The molecule has 8 heteroatoms. The highest BCUT2D eigenvalue weighted by Crippen LogP contribution is 2.30. The number of amides is 1. The fraction of sp³-hybridized carbons (Fsp3) is 0.222. The normalized spacial score (nSPS) is 17.5. The molecule has 0 bridgehead atoms. The molecule has 1 aromatic carbocycles. The molecule has 1 amide bonds. The molecule has 0 saturated carbocycles. The molecule has 5 N–H and O–H groups in total. The number of halogens is 3. The average Bonchev–Trinajstić information content (AvgIpc) is 2.56. The fourth-order valence-corrected chi connectivity index (χ4v) is 2.37. The summed E-state index contributed by atoms with van der Waals surface area (Å²) in [4.78, 5) is 12.2. The maximum absolute atomic E-state index is 12.7. The zero-order valence-corrected chi connectivity index (χ0v) is 14.0. The number of carbonyl (C=O) groups excluding carboxylic acids is 1. The third kappa shape index (κ3) is 5.23. The van der Waals surface area contributed by atoms with Crippen LogP contribution in [0, 0.1) is 11.3 Å². The second-order valence-electron chi connectivity index (χ2n) is 5.90. The van der Waals surface area contributed by atoms with Gasteiger partial charge in [-0.1, -0.05) is 17.7 Å². The number of amidine groups is 1. The van der Waals surface area contributed by atoms with E-state index in [-0.39, 0.29) is 11.5 Å². The maximum Gasteiger partial charge on any atom is 0.416 e. The van der Waals surface area contributed by atoms with Crippen molar-refractivity contribution in [2.75, 3.05) is 5.32 Å². The molecule has 0 aromatic heterocycles. The molecule has 0 radical (unpaired) electrons. The van der Waals surface area contributed by atoms with Gasteiger partial charge in [-0.3, -0.25) is 10.2 Å². The van der Waals surface area contributed by atoms with Crippen molar-refractivity contribution in [2.24, 2.45) is 11.7 Å². The lowest BCUT2D eigenvalue weighted by Crippen LogP contribution is -2.37. The van der Waals surface area contributed by atoms with E-state index >= 15 is 0 Å². The highest BCUT2D eigenvalue weighted by atomic mass is 19.4. The SMILES string of the molecule is CC1=CC=C(N)C(C(=O)NC(=N)/C=C\Nc2cccc(C(F)(F)F)c2)C1. The molecule has 0 fully saturated rings. The van der Waals surface area contributed by atoms with Crippen LogP contribution in [0.4, 0.5) is 18.9 Å². The van der Waals surface area contributed by atoms with Gasteiger partial charge in [0.1, 0.15) is 5.84 Å². The molecule has 138 valence electrons. The van der Waals surface area contributed by atoms with Crippen LogP contribution in [0.2, 0.25) is 0 Å². The largest absolute Gasteiger partial charge is 0.416 e. The average molecular weight is 364 g/mol. The minimum absolute atomic E-state index is 0.200. The topological polar surface area (TPSA) is 91.0 Å². The van der Waals surface area contributed by atoms with E-state index in [1.807, 2.05) is 13.0 Å². The summed E-state index contributed by atoms with van der Waals surface area (Å²) in [6, 6.07) is 4.66. The van der Waals surface area contributed by atoms with Crippen LogP contribution in [0.3, 0.4) is 0 Å². The molecule has 0 spiro atoms. The van der Waals surface area contributed by atoms with Crippen LogP contribution >= 0.6 is 0 Å². The van der Waals surface area contributed by atoms with Crippen LogP contribution in [0.25, 0.3) is 0 Å². The van der Waals surface area contributed by atoms with Gasteiger partial charge in [-0.25, -0.2) is 0 Å². The number of nitrogens with one attached hydrogen (secondary N) is 3. The van der Waals surface area contributed by atoms with Crippen molar-refractivity contribution >= 4 is 17.4 Å². The molecule has 5 nitrogen and oxygen atoms in total. The Bertz CT molecular complexity index is 794. The van der Waals surface area contributed by atoms with Crippen LogP contribution < -0.4 is 16.4 Å². The monoisotopic (exact) mass is 364 g/mol. The van der Waals surface area contributed by atoms with Gasteiger partial charge in [-0.2, -0.15) is 13.2 Å². The highest BCUT2D eigenvalue weighted by Gasteiger charge is 2.30.